The van der Waals surface area contributed by atoms with Crippen LogP contribution in [0.1, 0.15) is 31.7 Å². The van der Waals surface area contributed by atoms with Crippen LogP contribution in [0.25, 0.3) is 0 Å². The molecule has 2 bridgehead atoms. The highest BCUT2D eigenvalue weighted by Gasteiger charge is 2.49. The molecule has 1 aromatic carbocycles. The third-order valence-corrected chi connectivity index (χ3v) is 7.70. The van der Waals surface area contributed by atoms with Gasteiger partial charge in [-0.05, 0) is 44.0 Å². The first kappa shape index (κ1) is 24.5. The molecule has 4 atom stereocenters. The Kier molecular flexibility index (Phi) is 6.50. The molecule has 1 saturated carbocycles. The molecule has 4 aliphatic rings. The van der Waals surface area contributed by atoms with Gasteiger partial charge in [0.25, 0.3) is 5.92 Å². The molecule has 4 heterocycles. The van der Waals surface area contributed by atoms with Crippen LogP contribution in [0.15, 0.2) is 36.5 Å². The Hall–Kier alpha value is -2.82. The van der Waals surface area contributed by atoms with Crippen LogP contribution in [0.5, 0.6) is 0 Å². The van der Waals surface area contributed by atoms with Crippen molar-refractivity contribution in [2.45, 2.75) is 57.0 Å². The van der Waals surface area contributed by atoms with Crippen LogP contribution >= 0.6 is 0 Å². The second-order valence-electron chi connectivity index (χ2n) is 10.3. The van der Waals surface area contributed by atoms with E-state index < -0.39 is 24.4 Å². The number of anilines is 4. The number of carbonyl (C=O) groups is 1. The lowest BCUT2D eigenvalue weighted by Crippen LogP contribution is -2.54. The number of alkyl halides is 2. The summed E-state index contributed by atoms with van der Waals surface area (Å²) in [4.78, 5) is 22.3. The quantitative estimate of drug-likeness (QED) is 0.658. The average Bonchev–Trinajstić information content (AvgIpc) is 3.05. The zero-order valence-electron chi connectivity index (χ0n) is 20.9. The Labute approximate surface area is 214 Å². The number of benzene rings is 1. The molecule has 0 spiro atoms. The summed E-state index contributed by atoms with van der Waals surface area (Å²) in [6, 6.07) is 9.67. The number of ether oxygens (including phenoxy) is 3. The molecule has 2 saturated heterocycles. The van der Waals surface area contributed by atoms with Gasteiger partial charge in [-0.25, -0.2) is 13.8 Å². The maximum Gasteiger partial charge on any atom is 0.274 e. The Balaban J connectivity index is 1.33. The smallest absolute Gasteiger partial charge is 0.274 e. The molecule has 2 aromatic rings. The molecule has 3 fully saturated rings. The standard InChI is InChI=1S/C27H32F2N4O4/c1-2-36-24-8-5-17(11-27(24,28)29)26(34)33-12-18-4-3-9-30-25(18)31-22-7-6-19(10-23(22)33)32-13-20-15-35-16-21(14-32)37-20/h3-4,6-7,9-10,17,20-21,24H,2,5,8,11-16H2,1H3,(H,30,31)/t17-,20?,21?,24+/m1/s1. The first-order valence-corrected chi connectivity index (χ1v) is 13.0. The number of nitrogens with zero attached hydrogens (tertiary/aromatic N) is 3. The molecule has 198 valence electrons. The fraction of sp³-hybridized carbons (Fsp3) is 0.556. The Morgan fingerprint density at radius 1 is 1.22 bits per heavy atom. The van der Waals surface area contributed by atoms with Crippen molar-refractivity contribution in [3.05, 3.63) is 42.1 Å². The summed E-state index contributed by atoms with van der Waals surface area (Å²) < 4.78 is 46.8. The molecule has 1 N–H and O–H groups in total. The number of hydrogen-bond acceptors (Lipinski definition) is 7. The molecular weight excluding hydrogens is 482 g/mol. The van der Waals surface area contributed by atoms with Gasteiger partial charge in [-0.2, -0.15) is 0 Å². The predicted octanol–water partition coefficient (Wildman–Crippen LogP) is 4.12. The van der Waals surface area contributed by atoms with Crippen molar-refractivity contribution >= 4 is 28.8 Å². The minimum Gasteiger partial charge on any atom is -0.376 e. The summed E-state index contributed by atoms with van der Waals surface area (Å²) in [6.45, 7) is 4.69. The van der Waals surface area contributed by atoms with Gasteiger partial charge in [0, 0.05) is 49.5 Å². The van der Waals surface area contributed by atoms with Crippen molar-refractivity contribution in [1.82, 2.24) is 4.98 Å². The Morgan fingerprint density at radius 3 is 2.78 bits per heavy atom. The van der Waals surface area contributed by atoms with Crippen LogP contribution in [-0.4, -0.2) is 68.0 Å². The third kappa shape index (κ3) is 4.78. The summed E-state index contributed by atoms with van der Waals surface area (Å²) in [5.41, 5.74) is 3.19. The summed E-state index contributed by atoms with van der Waals surface area (Å²) in [7, 11) is 0. The highest BCUT2D eigenvalue weighted by Crippen LogP contribution is 2.43. The monoisotopic (exact) mass is 514 g/mol. The number of aromatic nitrogens is 1. The summed E-state index contributed by atoms with van der Waals surface area (Å²) in [5, 5.41) is 3.36. The lowest BCUT2D eigenvalue weighted by atomic mass is 9.83. The maximum atomic E-state index is 14.9. The van der Waals surface area contributed by atoms with E-state index in [2.05, 4.69) is 15.2 Å². The van der Waals surface area contributed by atoms with Crippen LogP contribution in [0.4, 0.5) is 31.7 Å². The van der Waals surface area contributed by atoms with Gasteiger partial charge in [-0.15, -0.1) is 0 Å². The van der Waals surface area contributed by atoms with Crippen LogP contribution in [0.3, 0.4) is 0 Å². The zero-order chi connectivity index (χ0) is 25.6. The van der Waals surface area contributed by atoms with Crippen LogP contribution in [-0.2, 0) is 25.5 Å². The van der Waals surface area contributed by atoms with Gasteiger partial charge < -0.3 is 29.3 Å². The second kappa shape index (κ2) is 9.81. The number of rotatable bonds is 4. The van der Waals surface area contributed by atoms with Gasteiger partial charge in [0.2, 0.25) is 5.91 Å². The summed E-state index contributed by atoms with van der Waals surface area (Å²) in [5.74, 6) is -3.47. The lowest BCUT2D eigenvalue weighted by Gasteiger charge is -2.42. The van der Waals surface area contributed by atoms with E-state index >= 15 is 0 Å². The van der Waals surface area contributed by atoms with Gasteiger partial charge in [0.15, 0.2) is 0 Å². The molecule has 3 aliphatic heterocycles. The highest BCUT2D eigenvalue weighted by atomic mass is 19.3. The van der Waals surface area contributed by atoms with Crippen molar-refractivity contribution in [3.63, 3.8) is 0 Å². The van der Waals surface area contributed by atoms with Crippen molar-refractivity contribution in [1.29, 1.82) is 0 Å². The molecule has 6 rings (SSSR count). The minimum atomic E-state index is -3.05. The average molecular weight is 515 g/mol. The number of hydrogen-bond donors (Lipinski definition) is 1. The van der Waals surface area contributed by atoms with E-state index in [-0.39, 0.29) is 37.7 Å². The predicted molar refractivity (Wildman–Crippen MR) is 135 cm³/mol. The van der Waals surface area contributed by atoms with Crippen LogP contribution < -0.4 is 15.1 Å². The van der Waals surface area contributed by atoms with E-state index in [0.717, 1.165) is 16.9 Å². The van der Waals surface area contributed by atoms with Gasteiger partial charge >= 0.3 is 0 Å². The zero-order valence-corrected chi connectivity index (χ0v) is 20.9. The normalized spacial score (nSPS) is 28.5. The molecule has 1 amide bonds. The number of halogens is 2. The molecule has 0 radical (unpaired) electrons. The highest BCUT2D eigenvalue weighted by molar-refractivity contribution is 6.00. The first-order chi connectivity index (χ1) is 17.9. The van der Waals surface area contributed by atoms with Gasteiger partial charge in [0.05, 0.1) is 43.3 Å². The number of carbonyl (C=O) groups excluding carboxylic acids is 1. The Morgan fingerprint density at radius 2 is 2.03 bits per heavy atom. The van der Waals surface area contributed by atoms with Gasteiger partial charge in [0.1, 0.15) is 11.9 Å². The second-order valence-corrected chi connectivity index (χ2v) is 10.3. The van der Waals surface area contributed by atoms with Crippen molar-refractivity contribution in [2.75, 3.05) is 48.0 Å². The maximum absolute atomic E-state index is 14.9. The van der Waals surface area contributed by atoms with Gasteiger partial charge in [-0.3, -0.25) is 4.79 Å². The lowest BCUT2D eigenvalue weighted by molar-refractivity contribution is -0.170. The Bertz CT molecular complexity index is 1150. The van der Waals surface area contributed by atoms with Gasteiger partial charge in [-0.1, -0.05) is 6.07 Å². The molecule has 1 aliphatic carbocycles. The molecule has 37 heavy (non-hydrogen) atoms. The SMILES string of the molecule is CCO[C@H]1CC[C@@H](C(=O)N2Cc3cccnc3Nc3ccc(N4CC5COCC(C4)O5)cc32)CC1(F)F. The van der Waals surface area contributed by atoms with Crippen LogP contribution in [0.2, 0.25) is 0 Å². The first-order valence-electron chi connectivity index (χ1n) is 13.0. The molecule has 8 nitrogen and oxygen atoms in total. The largest absolute Gasteiger partial charge is 0.376 e. The minimum absolute atomic E-state index is 0.00150. The number of amides is 1. The number of fused-ring (bicyclic) bond motifs is 4. The topological polar surface area (TPSA) is 76.2 Å². The van der Waals surface area contributed by atoms with E-state index in [0.29, 0.717) is 44.2 Å². The summed E-state index contributed by atoms with van der Waals surface area (Å²) >= 11 is 0. The molecule has 10 heteroatoms. The van der Waals surface area contributed by atoms with E-state index in [1.807, 2.05) is 30.3 Å². The fourth-order valence-electron chi connectivity index (χ4n) is 5.92. The van der Waals surface area contributed by atoms with Crippen molar-refractivity contribution in [3.8, 4) is 0 Å². The number of nitrogens with one attached hydrogen (secondary N) is 1. The van der Waals surface area contributed by atoms with Crippen molar-refractivity contribution in [2.24, 2.45) is 5.92 Å². The molecule has 1 aromatic heterocycles. The van der Waals surface area contributed by atoms with E-state index in [1.165, 1.54) is 0 Å². The number of morpholine rings is 1. The van der Waals surface area contributed by atoms with E-state index in [4.69, 9.17) is 14.2 Å². The fourth-order valence-corrected chi connectivity index (χ4v) is 5.92. The van der Waals surface area contributed by atoms with Crippen LogP contribution in [0, 0.1) is 5.92 Å². The molecular formula is C27H32F2N4O4. The van der Waals surface area contributed by atoms with Crippen molar-refractivity contribution < 1.29 is 27.8 Å². The number of pyridine rings is 1. The van der Waals surface area contributed by atoms with E-state index in [1.54, 1.807) is 18.0 Å². The third-order valence-electron chi connectivity index (χ3n) is 7.70. The molecule has 2 unspecified atom stereocenters. The van der Waals surface area contributed by atoms with E-state index in [9.17, 15) is 13.6 Å². The summed E-state index contributed by atoms with van der Waals surface area (Å²) in [6.07, 6.45) is 0.569.